The molecule has 0 amide bonds. The molecule has 0 aliphatic carbocycles. The summed E-state index contributed by atoms with van der Waals surface area (Å²) in [6.07, 6.45) is 3.39. The Balaban J connectivity index is 2.89. The summed E-state index contributed by atoms with van der Waals surface area (Å²) in [5.41, 5.74) is 0. The standard InChI is InChI=1S/C8H18O2/c1-8(7-9)5-3-4-6-10-2/h8-9H,3-7H2,1-2H3. The third-order valence-corrected chi connectivity index (χ3v) is 1.61. The lowest BCUT2D eigenvalue weighted by atomic mass is 10.1. The van der Waals surface area contributed by atoms with Crippen LogP contribution in [-0.4, -0.2) is 25.4 Å². The van der Waals surface area contributed by atoms with Crippen molar-refractivity contribution < 1.29 is 9.84 Å². The maximum Gasteiger partial charge on any atom is 0.0462 e. The van der Waals surface area contributed by atoms with Crippen molar-refractivity contribution in [2.75, 3.05) is 20.3 Å². The molecule has 0 rings (SSSR count). The number of unbranched alkanes of at least 4 members (excludes halogenated alkanes) is 1. The summed E-state index contributed by atoms with van der Waals surface area (Å²) < 4.78 is 4.89. The highest BCUT2D eigenvalue weighted by molar-refractivity contribution is 4.49. The molecule has 1 N–H and O–H groups in total. The van der Waals surface area contributed by atoms with Gasteiger partial charge in [0, 0.05) is 20.3 Å². The zero-order valence-electron chi connectivity index (χ0n) is 6.97. The summed E-state index contributed by atoms with van der Waals surface area (Å²) in [5, 5.41) is 8.66. The van der Waals surface area contributed by atoms with Crippen LogP contribution in [0.4, 0.5) is 0 Å². The van der Waals surface area contributed by atoms with Gasteiger partial charge >= 0.3 is 0 Å². The molecule has 0 saturated heterocycles. The monoisotopic (exact) mass is 146 g/mol. The van der Waals surface area contributed by atoms with Crippen molar-refractivity contribution >= 4 is 0 Å². The third kappa shape index (κ3) is 6.05. The first-order chi connectivity index (χ1) is 4.81. The fourth-order valence-electron chi connectivity index (χ4n) is 0.830. The van der Waals surface area contributed by atoms with E-state index >= 15 is 0 Å². The Morgan fingerprint density at radius 2 is 2.10 bits per heavy atom. The van der Waals surface area contributed by atoms with E-state index in [-0.39, 0.29) is 0 Å². The maximum absolute atomic E-state index is 8.66. The van der Waals surface area contributed by atoms with Crippen LogP contribution >= 0.6 is 0 Å². The number of hydrogen-bond donors (Lipinski definition) is 1. The average molecular weight is 146 g/mol. The second kappa shape index (κ2) is 7.03. The molecule has 0 radical (unpaired) electrons. The molecule has 62 valence electrons. The summed E-state index contributed by atoms with van der Waals surface area (Å²) >= 11 is 0. The van der Waals surface area contributed by atoms with Crippen molar-refractivity contribution in [3.63, 3.8) is 0 Å². The number of aliphatic hydroxyl groups excluding tert-OH is 1. The smallest absolute Gasteiger partial charge is 0.0462 e. The molecule has 10 heavy (non-hydrogen) atoms. The topological polar surface area (TPSA) is 29.5 Å². The predicted octanol–water partition coefficient (Wildman–Crippen LogP) is 1.43. The number of rotatable bonds is 6. The van der Waals surface area contributed by atoms with E-state index in [2.05, 4.69) is 6.92 Å². The normalized spacial score (nSPS) is 13.5. The zero-order chi connectivity index (χ0) is 7.82. The van der Waals surface area contributed by atoms with Crippen molar-refractivity contribution in [3.05, 3.63) is 0 Å². The van der Waals surface area contributed by atoms with Gasteiger partial charge in [-0.2, -0.15) is 0 Å². The summed E-state index contributed by atoms with van der Waals surface area (Å²) in [6.45, 7) is 3.22. The second-order valence-corrected chi connectivity index (χ2v) is 2.78. The van der Waals surface area contributed by atoms with Gasteiger partial charge in [-0.1, -0.05) is 13.3 Å². The van der Waals surface area contributed by atoms with Gasteiger partial charge in [0.1, 0.15) is 0 Å². The van der Waals surface area contributed by atoms with Gasteiger partial charge in [0.05, 0.1) is 0 Å². The molecular weight excluding hydrogens is 128 g/mol. The van der Waals surface area contributed by atoms with E-state index in [1.807, 2.05) is 0 Å². The van der Waals surface area contributed by atoms with Crippen LogP contribution in [0.1, 0.15) is 26.2 Å². The summed E-state index contributed by atoms with van der Waals surface area (Å²) in [4.78, 5) is 0. The van der Waals surface area contributed by atoms with Gasteiger partial charge in [0.25, 0.3) is 0 Å². The van der Waals surface area contributed by atoms with Crippen molar-refractivity contribution in [3.8, 4) is 0 Å². The van der Waals surface area contributed by atoms with Crippen LogP contribution in [0.25, 0.3) is 0 Å². The molecule has 2 heteroatoms. The largest absolute Gasteiger partial charge is 0.396 e. The minimum atomic E-state index is 0.312. The molecule has 0 aromatic rings. The van der Waals surface area contributed by atoms with Crippen LogP contribution in [0.3, 0.4) is 0 Å². The van der Waals surface area contributed by atoms with Crippen LogP contribution in [0.5, 0.6) is 0 Å². The first kappa shape index (κ1) is 9.92. The highest BCUT2D eigenvalue weighted by Crippen LogP contribution is 2.05. The van der Waals surface area contributed by atoms with Gasteiger partial charge in [-0.25, -0.2) is 0 Å². The average Bonchev–Trinajstić information content (AvgIpc) is 1.98. The predicted molar refractivity (Wildman–Crippen MR) is 42.0 cm³/mol. The molecule has 0 aliphatic rings. The Labute approximate surface area is 63.2 Å². The van der Waals surface area contributed by atoms with Gasteiger partial charge in [-0.05, 0) is 18.8 Å². The van der Waals surface area contributed by atoms with Gasteiger partial charge in [0.15, 0.2) is 0 Å². The molecule has 0 aromatic carbocycles. The van der Waals surface area contributed by atoms with Crippen LogP contribution in [0.15, 0.2) is 0 Å². The first-order valence-electron chi connectivity index (χ1n) is 3.91. The van der Waals surface area contributed by atoms with Crippen LogP contribution in [0, 0.1) is 5.92 Å². The Morgan fingerprint density at radius 1 is 1.40 bits per heavy atom. The number of hydrogen-bond acceptors (Lipinski definition) is 2. The van der Waals surface area contributed by atoms with Crippen molar-refractivity contribution in [2.24, 2.45) is 5.92 Å². The molecule has 2 nitrogen and oxygen atoms in total. The van der Waals surface area contributed by atoms with Gasteiger partial charge in [0.2, 0.25) is 0 Å². The Hall–Kier alpha value is -0.0800. The maximum atomic E-state index is 8.66. The number of aliphatic hydroxyl groups is 1. The Bertz CT molecular complexity index is 64.3. The third-order valence-electron chi connectivity index (χ3n) is 1.61. The molecule has 0 heterocycles. The van der Waals surface area contributed by atoms with E-state index in [1.165, 1.54) is 0 Å². The zero-order valence-corrected chi connectivity index (χ0v) is 6.97. The van der Waals surface area contributed by atoms with Gasteiger partial charge in [-0.3, -0.25) is 0 Å². The number of methoxy groups -OCH3 is 1. The molecule has 0 aliphatic heterocycles. The highest BCUT2D eigenvalue weighted by atomic mass is 16.5. The van der Waals surface area contributed by atoms with Crippen LogP contribution in [-0.2, 0) is 4.74 Å². The fourth-order valence-corrected chi connectivity index (χ4v) is 0.830. The molecule has 1 unspecified atom stereocenters. The van der Waals surface area contributed by atoms with Crippen molar-refractivity contribution in [1.29, 1.82) is 0 Å². The van der Waals surface area contributed by atoms with Crippen molar-refractivity contribution in [1.82, 2.24) is 0 Å². The highest BCUT2D eigenvalue weighted by Gasteiger charge is 1.97. The SMILES string of the molecule is COCCCCC(C)CO. The molecule has 1 atom stereocenters. The minimum absolute atomic E-state index is 0.312. The molecular formula is C8H18O2. The lowest BCUT2D eigenvalue weighted by Crippen LogP contribution is -2.00. The first-order valence-corrected chi connectivity index (χ1v) is 3.91. The quantitative estimate of drug-likeness (QED) is 0.574. The van der Waals surface area contributed by atoms with Gasteiger partial charge in [-0.15, -0.1) is 0 Å². The fraction of sp³-hybridized carbons (Fsp3) is 1.00. The van der Waals surface area contributed by atoms with E-state index in [1.54, 1.807) is 7.11 Å². The van der Waals surface area contributed by atoms with Crippen LogP contribution in [0.2, 0.25) is 0 Å². The molecule has 0 saturated carbocycles. The van der Waals surface area contributed by atoms with Crippen molar-refractivity contribution in [2.45, 2.75) is 26.2 Å². The summed E-state index contributed by atoms with van der Waals surface area (Å²) in [5.74, 6) is 0.455. The minimum Gasteiger partial charge on any atom is -0.396 e. The van der Waals surface area contributed by atoms with E-state index in [4.69, 9.17) is 9.84 Å². The lowest BCUT2D eigenvalue weighted by molar-refractivity contribution is 0.184. The molecule has 0 aromatic heterocycles. The van der Waals surface area contributed by atoms with Crippen LogP contribution < -0.4 is 0 Å². The van der Waals surface area contributed by atoms with E-state index in [9.17, 15) is 0 Å². The lowest BCUT2D eigenvalue weighted by Gasteiger charge is -2.05. The van der Waals surface area contributed by atoms with E-state index in [0.29, 0.717) is 12.5 Å². The molecule has 0 bridgehead atoms. The molecule has 0 spiro atoms. The Kier molecular flexibility index (Phi) is 6.98. The molecule has 0 fully saturated rings. The van der Waals surface area contributed by atoms with E-state index in [0.717, 1.165) is 25.9 Å². The summed E-state index contributed by atoms with van der Waals surface area (Å²) in [6, 6.07) is 0. The van der Waals surface area contributed by atoms with E-state index < -0.39 is 0 Å². The van der Waals surface area contributed by atoms with Gasteiger partial charge < -0.3 is 9.84 Å². The second-order valence-electron chi connectivity index (χ2n) is 2.78. The Morgan fingerprint density at radius 3 is 2.60 bits per heavy atom. The summed E-state index contributed by atoms with van der Waals surface area (Å²) in [7, 11) is 1.72. The number of ether oxygens (including phenoxy) is 1.